The average Bonchev–Trinajstić information content (AvgIpc) is 2.71. The second-order valence-corrected chi connectivity index (χ2v) is 7.41. The maximum Gasteiger partial charge on any atom is 0.344 e. The van der Waals surface area contributed by atoms with Gasteiger partial charge in [-0.2, -0.15) is 5.10 Å². The Morgan fingerprint density at radius 3 is 2.69 bits per heavy atom. The van der Waals surface area contributed by atoms with E-state index in [0.717, 1.165) is 18.6 Å². The number of thiol groups is 1. The van der Waals surface area contributed by atoms with Gasteiger partial charge in [-0.05, 0) is 26.7 Å². The Morgan fingerprint density at radius 1 is 1.50 bits per heavy atom. The van der Waals surface area contributed by atoms with Crippen molar-refractivity contribution in [3.63, 3.8) is 0 Å². The zero-order chi connectivity index (χ0) is 12.0. The van der Waals surface area contributed by atoms with E-state index in [-0.39, 0.29) is 0 Å². The molecule has 92 valence electrons. The zero-order valence-electron chi connectivity index (χ0n) is 9.45. The quantitative estimate of drug-likeness (QED) is 0.421. The summed E-state index contributed by atoms with van der Waals surface area (Å²) in [4.78, 5) is 10.8. The molecular weight excluding hydrogens is 262 g/mol. The highest BCUT2D eigenvalue weighted by molar-refractivity contribution is 8.21. The molecule has 1 aliphatic heterocycles. The molecule has 1 saturated heterocycles. The smallest absolute Gasteiger partial charge is 0.283 e. The first-order valence-electron chi connectivity index (χ1n) is 5.07. The van der Waals surface area contributed by atoms with Crippen molar-refractivity contribution in [3.8, 4) is 0 Å². The molecule has 4 nitrogen and oxygen atoms in total. The summed E-state index contributed by atoms with van der Waals surface area (Å²) in [5.74, 6) is 2.47. The first-order valence-corrected chi connectivity index (χ1v) is 7.49. The summed E-state index contributed by atoms with van der Waals surface area (Å²) in [5, 5.41) is 3.97. The Hall–Kier alpha value is -0.0100. The first-order chi connectivity index (χ1) is 7.56. The largest absolute Gasteiger partial charge is 0.344 e. The van der Waals surface area contributed by atoms with Gasteiger partial charge in [-0.3, -0.25) is 4.72 Å². The van der Waals surface area contributed by atoms with Gasteiger partial charge >= 0.3 is 6.03 Å². The van der Waals surface area contributed by atoms with Crippen molar-refractivity contribution in [1.29, 1.82) is 0 Å². The van der Waals surface area contributed by atoms with Crippen LogP contribution in [0.4, 0.5) is 4.79 Å². The average molecular weight is 279 g/mol. The van der Waals surface area contributed by atoms with Gasteiger partial charge in [-0.1, -0.05) is 12.8 Å². The van der Waals surface area contributed by atoms with Crippen LogP contribution in [0, 0.1) is 0 Å². The number of hydrazone groups is 1. The fourth-order valence-corrected chi connectivity index (χ4v) is 4.24. The molecule has 1 aliphatic rings. The third-order valence-electron chi connectivity index (χ3n) is 2.29. The third-order valence-corrected chi connectivity index (χ3v) is 5.90. The molecule has 1 fully saturated rings. The van der Waals surface area contributed by atoms with Crippen molar-refractivity contribution in [2.45, 2.75) is 30.8 Å². The van der Waals surface area contributed by atoms with E-state index in [9.17, 15) is 4.79 Å². The third kappa shape index (κ3) is 4.88. The number of amides is 2. The minimum absolute atomic E-state index is 0.322. The molecule has 16 heavy (non-hydrogen) atoms. The molecule has 0 unspecified atom stereocenters. The highest BCUT2D eigenvalue weighted by Gasteiger charge is 2.29. The SMILES string of the molecule is C/C(CCC1(C)SCCS1)=N\NC(=O)NS. The summed E-state index contributed by atoms with van der Waals surface area (Å²) < 4.78 is 2.48. The van der Waals surface area contributed by atoms with E-state index in [1.807, 2.05) is 30.4 Å². The van der Waals surface area contributed by atoms with E-state index in [1.165, 1.54) is 11.5 Å². The lowest BCUT2D eigenvalue weighted by Crippen LogP contribution is -2.26. The molecule has 0 bridgehead atoms. The molecule has 0 aliphatic carbocycles. The van der Waals surface area contributed by atoms with Gasteiger partial charge in [0.05, 0.1) is 4.08 Å². The van der Waals surface area contributed by atoms with Crippen LogP contribution in [0.5, 0.6) is 0 Å². The fraction of sp³-hybridized carbons (Fsp3) is 0.778. The number of nitrogens with one attached hydrogen (secondary N) is 2. The molecule has 0 aromatic carbocycles. The number of thioether (sulfide) groups is 2. The summed E-state index contributed by atoms with van der Waals surface area (Å²) >= 11 is 7.64. The molecule has 2 amide bonds. The lowest BCUT2D eigenvalue weighted by molar-refractivity contribution is 0.247. The van der Waals surface area contributed by atoms with Crippen LogP contribution < -0.4 is 10.1 Å². The molecule has 1 heterocycles. The zero-order valence-corrected chi connectivity index (χ0v) is 12.0. The highest BCUT2D eigenvalue weighted by Crippen LogP contribution is 2.46. The molecule has 1 rings (SSSR count). The van der Waals surface area contributed by atoms with E-state index in [0.29, 0.717) is 4.08 Å². The maximum absolute atomic E-state index is 10.8. The van der Waals surface area contributed by atoms with E-state index < -0.39 is 6.03 Å². The van der Waals surface area contributed by atoms with E-state index in [1.54, 1.807) is 0 Å². The Morgan fingerprint density at radius 2 is 2.12 bits per heavy atom. The van der Waals surface area contributed by atoms with Crippen molar-refractivity contribution in [3.05, 3.63) is 0 Å². The molecule has 2 N–H and O–H groups in total. The lowest BCUT2D eigenvalue weighted by Gasteiger charge is -2.21. The molecule has 7 heteroatoms. The van der Waals surface area contributed by atoms with E-state index in [2.05, 4.69) is 35.0 Å². The number of nitrogens with zero attached hydrogens (tertiary/aromatic N) is 1. The lowest BCUT2D eigenvalue weighted by atomic mass is 10.2. The topological polar surface area (TPSA) is 53.5 Å². The number of carbonyl (C=O) groups excluding carboxylic acids is 1. The molecule has 0 aromatic heterocycles. The van der Waals surface area contributed by atoms with Crippen molar-refractivity contribution in [1.82, 2.24) is 10.1 Å². The normalized spacial score (nSPS) is 19.6. The second-order valence-electron chi connectivity index (χ2n) is 3.73. The van der Waals surface area contributed by atoms with Gasteiger partial charge < -0.3 is 0 Å². The van der Waals surface area contributed by atoms with Gasteiger partial charge in [-0.15, -0.1) is 23.5 Å². The Bertz CT molecular complexity index is 277. The standard InChI is InChI=1S/C9H17N3OS3/c1-7(10-11-8(13)12-14)3-4-9(2)15-5-6-16-9/h14H,3-6H2,1-2H3,(H2,11,12,13)/b10-7+. The summed E-state index contributed by atoms with van der Waals surface area (Å²) in [6.45, 7) is 4.20. The Kier molecular flexibility index (Phi) is 5.85. The molecule has 0 spiro atoms. The predicted octanol–water partition coefficient (Wildman–Crippen LogP) is 2.48. The van der Waals surface area contributed by atoms with Gasteiger partial charge in [0.2, 0.25) is 0 Å². The monoisotopic (exact) mass is 279 g/mol. The summed E-state index contributed by atoms with van der Waals surface area (Å²) in [7, 11) is 0. The van der Waals surface area contributed by atoms with Crippen LogP contribution in [-0.4, -0.2) is 27.3 Å². The van der Waals surface area contributed by atoms with Crippen molar-refractivity contribution >= 4 is 48.1 Å². The van der Waals surface area contributed by atoms with Crippen LogP contribution in [0.1, 0.15) is 26.7 Å². The van der Waals surface area contributed by atoms with Crippen LogP contribution in [-0.2, 0) is 0 Å². The number of hydrogen-bond acceptors (Lipinski definition) is 5. The van der Waals surface area contributed by atoms with Crippen LogP contribution in [0.15, 0.2) is 5.10 Å². The van der Waals surface area contributed by atoms with Gasteiger partial charge in [0.1, 0.15) is 0 Å². The van der Waals surface area contributed by atoms with Gasteiger partial charge in [0, 0.05) is 17.2 Å². The Labute approximate surface area is 110 Å². The molecule has 0 saturated carbocycles. The fourth-order valence-electron chi connectivity index (χ4n) is 1.34. The predicted molar refractivity (Wildman–Crippen MR) is 76.3 cm³/mol. The highest BCUT2D eigenvalue weighted by atomic mass is 32.2. The summed E-state index contributed by atoms with van der Waals surface area (Å²) in [6.07, 6.45) is 1.99. The number of hydrogen-bond donors (Lipinski definition) is 3. The van der Waals surface area contributed by atoms with E-state index >= 15 is 0 Å². The summed E-state index contributed by atoms with van der Waals surface area (Å²) in [6, 6.07) is -0.404. The molecular formula is C9H17N3OS3. The molecule has 0 atom stereocenters. The molecule has 0 aromatic rings. The number of rotatable bonds is 4. The van der Waals surface area contributed by atoms with Crippen LogP contribution in [0.2, 0.25) is 0 Å². The first kappa shape index (κ1) is 14.1. The van der Waals surface area contributed by atoms with Crippen LogP contribution in [0.3, 0.4) is 0 Å². The van der Waals surface area contributed by atoms with Gasteiger partial charge in [0.15, 0.2) is 0 Å². The van der Waals surface area contributed by atoms with Gasteiger partial charge in [0.25, 0.3) is 0 Å². The van der Waals surface area contributed by atoms with Crippen molar-refractivity contribution in [2.75, 3.05) is 11.5 Å². The molecule has 0 radical (unpaired) electrons. The van der Waals surface area contributed by atoms with E-state index in [4.69, 9.17) is 0 Å². The van der Waals surface area contributed by atoms with Crippen molar-refractivity contribution < 1.29 is 4.79 Å². The number of carbonyl (C=O) groups is 1. The number of urea groups is 1. The minimum Gasteiger partial charge on any atom is -0.283 e. The van der Waals surface area contributed by atoms with Crippen LogP contribution in [0.25, 0.3) is 0 Å². The van der Waals surface area contributed by atoms with Crippen molar-refractivity contribution in [2.24, 2.45) is 5.10 Å². The van der Waals surface area contributed by atoms with Gasteiger partial charge in [-0.25, -0.2) is 10.2 Å². The Balaban J connectivity index is 2.28. The van der Waals surface area contributed by atoms with Crippen LogP contribution >= 0.6 is 36.3 Å². The maximum atomic E-state index is 10.8. The second kappa shape index (κ2) is 6.66. The minimum atomic E-state index is -0.404. The summed E-state index contributed by atoms with van der Waals surface area (Å²) in [5.41, 5.74) is 3.30.